The van der Waals surface area contributed by atoms with Crippen molar-refractivity contribution < 1.29 is 9.50 Å². The number of hydrogen-bond donors (Lipinski definition) is 2. The van der Waals surface area contributed by atoms with Crippen LogP contribution in [0.3, 0.4) is 0 Å². The number of nitrogens with zero attached hydrogens (tertiary/aromatic N) is 1. The lowest BCUT2D eigenvalue weighted by molar-refractivity contribution is 0.0323. The van der Waals surface area contributed by atoms with Crippen molar-refractivity contribution in [1.82, 2.24) is 5.32 Å². The Kier molecular flexibility index (Phi) is 5.26. The van der Waals surface area contributed by atoms with Crippen molar-refractivity contribution in [2.45, 2.75) is 38.8 Å². The van der Waals surface area contributed by atoms with E-state index < -0.39 is 5.60 Å². The summed E-state index contributed by atoms with van der Waals surface area (Å²) >= 11 is 0. The Balaban J connectivity index is 2.64. The van der Waals surface area contributed by atoms with Crippen molar-refractivity contribution in [1.29, 1.82) is 5.26 Å². The van der Waals surface area contributed by atoms with Crippen molar-refractivity contribution in [3.63, 3.8) is 0 Å². The van der Waals surface area contributed by atoms with E-state index in [0.29, 0.717) is 37.1 Å². The van der Waals surface area contributed by atoms with Crippen LogP contribution in [0.4, 0.5) is 4.39 Å². The second-order valence-corrected chi connectivity index (χ2v) is 4.45. The lowest BCUT2D eigenvalue weighted by atomic mass is 9.97. The summed E-state index contributed by atoms with van der Waals surface area (Å²) in [7, 11) is 0. The van der Waals surface area contributed by atoms with Gasteiger partial charge < -0.3 is 10.4 Å². The van der Waals surface area contributed by atoms with Crippen LogP contribution in [0.25, 0.3) is 0 Å². The Bertz CT molecular complexity index is 436. The molecule has 0 saturated carbocycles. The minimum absolute atomic E-state index is 0.355. The summed E-state index contributed by atoms with van der Waals surface area (Å²) in [4.78, 5) is 0. The van der Waals surface area contributed by atoms with E-state index in [1.165, 1.54) is 18.2 Å². The van der Waals surface area contributed by atoms with Gasteiger partial charge in [-0.3, -0.25) is 0 Å². The highest BCUT2D eigenvalue weighted by Gasteiger charge is 2.21. The molecule has 0 aliphatic carbocycles. The highest BCUT2D eigenvalue weighted by Crippen LogP contribution is 2.14. The zero-order valence-corrected chi connectivity index (χ0v) is 10.8. The first-order valence-corrected chi connectivity index (χ1v) is 6.16. The first-order chi connectivity index (χ1) is 8.54. The molecule has 0 radical (unpaired) electrons. The smallest absolute Gasteiger partial charge is 0.123 e. The molecule has 0 aliphatic rings. The predicted molar refractivity (Wildman–Crippen MR) is 68.4 cm³/mol. The lowest BCUT2D eigenvalue weighted by Crippen LogP contribution is -2.39. The van der Waals surface area contributed by atoms with Crippen molar-refractivity contribution in [3.05, 3.63) is 35.1 Å². The van der Waals surface area contributed by atoms with E-state index >= 15 is 0 Å². The summed E-state index contributed by atoms with van der Waals surface area (Å²) in [6.45, 7) is 4.66. The van der Waals surface area contributed by atoms with Gasteiger partial charge in [-0.15, -0.1) is 0 Å². The van der Waals surface area contributed by atoms with Gasteiger partial charge in [-0.1, -0.05) is 13.8 Å². The third kappa shape index (κ3) is 3.80. The molecule has 1 aromatic rings. The summed E-state index contributed by atoms with van der Waals surface area (Å²) in [5.74, 6) is -0.355. The van der Waals surface area contributed by atoms with Gasteiger partial charge in [0.05, 0.1) is 17.2 Å². The number of nitriles is 1. The Morgan fingerprint density at radius 3 is 2.61 bits per heavy atom. The number of halogens is 1. The Morgan fingerprint density at radius 2 is 2.06 bits per heavy atom. The monoisotopic (exact) mass is 250 g/mol. The molecule has 0 amide bonds. The average Bonchev–Trinajstić information content (AvgIpc) is 2.39. The molecule has 1 rings (SSSR count). The summed E-state index contributed by atoms with van der Waals surface area (Å²) in [5, 5.41) is 22.1. The molecule has 3 nitrogen and oxygen atoms in total. The minimum Gasteiger partial charge on any atom is -0.389 e. The van der Waals surface area contributed by atoms with Crippen LogP contribution in [0.15, 0.2) is 18.2 Å². The summed E-state index contributed by atoms with van der Waals surface area (Å²) < 4.78 is 13.1. The molecule has 0 heterocycles. The Morgan fingerprint density at radius 1 is 1.39 bits per heavy atom. The van der Waals surface area contributed by atoms with Gasteiger partial charge in [0.1, 0.15) is 5.82 Å². The second kappa shape index (κ2) is 6.48. The SMILES string of the molecule is CCC(O)(CC)CNCc1cc(F)ccc1C#N. The topological polar surface area (TPSA) is 56.0 Å². The number of benzene rings is 1. The Hall–Kier alpha value is -1.44. The fourth-order valence-electron chi connectivity index (χ4n) is 1.75. The molecule has 0 spiro atoms. The van der Waals surface area contributed by atoms with E-state index in [1.807, 2.05) is 19.9 Å². The minimum atomic E-state index is -0.736. The van der Waals surface area contributed by atoms with Gasteiger partial charge in [0, 0.05) is 13.1 Å². The van der Waals surface area contributed by atoms with Crippen molar-refractivity contribution in [3.8, 4) is 6.07 Å². The maximum atomic E-state index is 13.1. The number of rotatable bonds is 6. The third-order valence-electron chi connectivity index (χ3n) is 3.27. The quantitative estimate of drug-likeness (QED) is 0.814. The van der Waals surface area contributed by atoms with E-state index in [9.17, 15) is 9.50 Å². The normalized spacial score (nSPS) is 11.3. The summed E-state index contributed by atoms with van der Waals surface area (Å²) in [5.41, 5.74) is 0.340. The number of hydrogen-bond acceptors (Lipinski definition) is 3. The first kappa shape index (κ1) is 14.6. The van der Waals surface area contributed by atoms with Crippen LogP contribution in [0.1, 0.15) is 37.8 Å². The van der Waals surface area contributed by atoms with Gasteiger partial charge in [0.25, 0.3) is 0 Å². The fourth-order valence-corrected chi connectivity index (χ4v) is 1.75. The zero-order valence-electron chi connectivity index (χ0n) is 10.8. The average molecular weight is 250 g/mol. The first-order valence-electron chi connectivity index (χ1n) is 6.16. The van der Waals surface area contributed by atoms with Crippen LogP contribution < -0.4 is 5.32 Å². The molecule has 18 heavy (non-hydrogen) atoms. The molecule has 1 aromatic carbocycles. The lowest BCUT2D eigenvalue weighted by Gasteiger charge is -2.25. The molecule has 0 fully saturated rings. The van der Waals surface area contributed by atoms with E-state index in [-0.39, 0.29) is 5.82 Å². The molecule has 0 saturated heterocycles. The maximum Gasteiger partial charge on any atom is 0.123 e. The van der Waals surface area contributed by atoms with Gasteiger partial charge in [-0.2, -0.15) is 5.26 Å². The molecule has 4 heteroatoms. The van der Waals surface area contributed by atoms with E-state index in [4.69, 9.17) is 5.26 Å². The van der Waals surface area contributed by atoms with E-state index in [2.05, 4.69) is 5.32 Å². The molecular weight excluding hydrogens is 231 g/mol. The molecule has 0 atom stereocenters. The van der Waals surface area contributed by atoms with Crippen molar-refractivity contribution >= 4 is 0 Å². The van der Waals surface area contributed by atoms with Crippen LogP contribution in [0.5, 0.6) is 0 Å². The van der Waals surface area contributed by atoms with Crippen LogP contribution in [-0.2, 0) is 6.54 Å². The van der Waals surface area contributed by atoms with Crippen LogP contribution in [-0.4, -0.2) is 17.3 Å². The highest BCUT2D eigenvalue weighted by molar-refractivity contribution is 5.37. The van der Waals surface area contributed by atoms with Gasteiger partial charge in [0.15, 0.2) is 0 Å². The van der Waals surface area contributed by atoms with Gasteiger partial charge in [0.2, 0.25) is 0 Å². The zero-order chi connectivity index (χ0) is 13.6. The van der Waals surface area contributed by atoms with E-state index in [1.54, 1.807) is 0 Å². The van der Waals surface area contributed by atoms with Crippen LogP contribution in [0.2, 0.25) is 0 Å². The molecule has 0 aliphatic heterocycles. The van der Waals surface area contributed by atoms with Crippen LogP contribution in [0, 0.1) is 17.1 Å². The highest BCUT2D eigenvalue weighted by atomic mass is 19.1. The summed E-state index contributed by atoms with van der Waals surface area (Å²) in [6, 6.07) is 6.12. The fraction of sp³-hybridized carbons (Fsp3) is 0.500. The number of nitrogens with one attached hydrogen (secondary N) is 1. The second-order valence-electron chi connectivity index (χ2n) is 4.45. The molecule has 2 N–H and O–H groups in total. The standard InChI is InChI=1S/C14H19FN2O/c1-3-14(18,4-2)10-17-9-12-7-13(15)6-5-11(12)8-16/h5-7,17-18H,3-4,9-10H2,1-2H3. The molecule has 0 bridgehead atoms. The van der Waals surface area contributed by atoms with E-state index in [0.717, 1.165) is 0 Å². The molecule has 98 valence electrons. The summed E-state index contributed by atoms with van der Waals surface area (Å²) in [6.07, 6.45) is 1.31. The van der Waals surface area contributed by atoms with Gasteiger partial charge in [-0.25, -0.2) is 4.39 Å². The molecule has 0 unspecified atom stereocenters. The predicted octanol–water partition coefficient (Wildman–Crippen LogP) is 2.34. The van der Waals surface area contributed by atoms with Crippen molar-refractivity contribution in [2.75, 3.05) is 6.54 Å². The number of aliphatic hydroxyl groups is 1. The van der Waals surface area contributed by atoms with Gasteiger partial charge in [-0.05, 0) is 36.6 Å². The van der Waals surface area contributed by atoms with Crippen LogP contribution >= 0.6 is 0 Å². The third-order valence-corrected chi connectivity index (χ3v) is 3.27. The maximum absolute atomic E-state index is 13.1. The molecular formula is C14H19FN2O. The Labute approximate surface area is 107 Å². The largest absolute Gasteiger partial charge is 0.389 e. The van der Waals surface area contributed by atoms with Gasteiger partial charge >= 0.3 is 0 Å². The van der Waals surface area contributed by atoms with Crippen molar-refractivity contribution in [2.24, 2.45) is 0 Å². The molecule has 0 aromatic heterocycles.